The Kier molecular flexibility index (Phi) is 6.74. The molecule has 9 heteroatoms. The first-order chi connectivity index (χ1) is 11.9. The first-order valence-corrected chi connectivity index (χ1v) is 9.84. The van der Waals surface area contributed by atoms with E-state index in [1.54, 1.807) is 7.11 Å². The lowest BCUT2D eigenvalue weighted by Crippen LogP contribution is -2.32. The minimum Gasteiger partial charge on any atom is -0.383 e. The Morgan fingerprint density at radius 1 is 1.28 bits per heavy atom. The molecule has 1 N–H and O–H groups in total. The number of ether oxygens (including phenoxy) is 1. The van der Waals surface area contributed by atoms with Crippen LogP contribution in [0, 0.1) is 10.1 Å². The lowest BCUT2D eigenvalue weighted by Gasteiger charge is -2.20. The van der Waals surface area contributed by atoms with Crippen LogP contribution in [0.15, 0.2) is 23.1 Å². The third kappa shape index (κ3) is 4.90. The smallest absolute Gasteiger partial charge is 0.293 e. The van der Waals surface area contributed by atoms with E-state index in [9.17, 15) is 18.5 Å². The molecule has 0 saturated carbocycles. The standard InChI is InChI=1S/C16H25N3O5S/c1-13(12-24-2)17-15-8-7-14(11-16(15)19(20)21)25(22,23)18-9-5-3-4-6-10-18/h7-8,11,13,17H,3-6,9-10,12H2,1-2H3/t13-/m1/s1. The fraction of sp³-hybridized carbons (Fsp3) is 0.625. The van der Waals surface area contributed by atoms with Crippen LogP contribution in [0.2, 0.25) is 0 Å². The van der Waals surface area contributed by atoms with Crippen molar-refractivity contribution in [3.05, 3.63) is 28.3 Å². The molecule has 0 bridgehead atoms. The number of benzene rings is 1. The van der Waals surface area contributed by atoms with Gasteiger partial charge in [0.15, 0.2) is 0 Å². The summed E-state index contributed by atoms with van der Waals surface area (Å²) < 4.78 is 32.1. The first kappa shape index (κ1) is 19.6. The summed E-state index contributed by atoms with van der Waals surface area (Å²) in [6.07, 6.45) is 3.64. The SMILES string of the molecule is COC[C@@H](C)Nc1ccc(S(=O)(=O)N2CCCCCC2)cc1[N+](=O)[O-]. The summed E-state index contributed by atoms with van der Waals surface area (Å²) in [6.45, 7) is 3.13. The third-order valence-electron chi connectivity index (χ3n) is 4.19. The lowest BCUT2D eigenvalue weighted by atomic mass is 10.2. The number of anilines is 1. The summed E-state index contributed by atoms with van der Waals surface area (Å²) in [5, 5.41) is 14.4. The molecular weight excluding hydrogens is 346 g/mol. The number of nitro benzene ring substituents is 1. The first-order valence-electron chi connectivity index (χ1n) is 8.40. The van der Waals surface area contributed by atoms with Crippen molar-refractivity contribution in [3.8, 4) is 0 Å². The molecule has 1 aromatic carbocycles. The largest absolute Gasteiger partial charge is 0.383 e. The van der Waals surface area contributed by atoms with Gasteiger partial charge >= 0.3 is 0 Å². The normalized spacial score (nSPS) is 17.7. The van der Waals surface area contributed by atoms with Crippen molar-refractivity contribution in [3.63, 3.8) is 0 Å². The van der Waals surface area contributed by atoms with Crippen molar-refractivity contribution in [2.24, 2.45) is 0 Å². The van der Waals surface area contributed by atoms with E-state index in [0.717, 1.165) is 31.7 Å². The van der Waals surface area contributed by atoms with E-state index in [1.165, 1.54) is 16.4 Å². The number of hydrogen-bond acceptors (Lipinski definition) is 6. The third-order valence-corrected chi connectivity index (χ3v) is 6.08. The monoisotopic (exact) mass is 371 g/mol. The zero-order valence-corrected chi connectivity index (χ0v) is 15.4. The van der Waals surface area contributed by atoms with Crippen molar-refractivity contribution in [1.29, 1.82) is 0 Å². The fourth-order valence-corrected chi connectivity index (χ4v) is 4.47. The molecule has 1 aromatic rings. The van der Waals surface area contributed by atoms with Gasteiger partial charge in [-0.1, -0.05) is 12.8 Å². The van der Waals surface area contributed by atoms with Gasteiger partial charge in [0.2, 0.25) is 10.0 Å². The molecule has 2 rings (SSSR count). The van der Waals surface area contributed by atoms with Crippen molar-refractivity contribution >= 4 is 21.4 Å². The number of nitrogens with one attached hydrogen (secondary N) is 1. The molecule has 0 radical (unpaired) electrons. The Hall–Kier alpha value is -1.71. The molecule has 1 heterocycles. The maximum atomic E-state index is 12.8. The van der Waals surface area contributed by atoms with Crippen molar-refractivity contribution in [1.82, 2.24) is 4.31 Å². The van der Waals surface area contributed by atoms with Crippen LogP contribution in [-0.2, 0) is 14.8 Å². The zero-order chi connectivity index (χ0) is 18.4. The topological polar surface area (TPSA) is 102 Å². The Balaban J connectivity index is 2.32. The van der Waals surface area contributed by atoms with Gasteiger partial charge in [-0.25, -0.2) is 8.42 Å². The minimum atomic E-state index is -3.72. The Bertz CT molecular complexity index is 700. The lowest BCUT2D eigenvalue weighted by molar-refractivity contribution is -0.384. The average Bonchev–Trinajstić information content (AvgIpc) is 2.84. The molecule has 0 spiro atoms. The molecule has 140 valence electrons. The zero-order valence-electron chi connectivity index (χ0n) is 14.6. The summed E-state index contributed by atoms with van der Waals surface area (Å²) in [6, 6.07) is 3.88. The second-order valence-electron chi connectivity index (χ2n) is 6.26. The van der Waals surface area contributed by atoms with Crippen LogP contribution in [0.1, 0.15) is 32.6 Å². The van der Waals surface area contributed by atoms with E-state index >= 15 is 0 Å². The molecule has 1 aliphatic rings. The van der Waals surface area contributed by atoms with Crippen molar-refractivity contribution < 1.29 is 18.1 Å². The molecule has 0 aromatic heterocycles. The Morgan fingerprint density at radius 3 is 2.48 bits per heavy atom. The second-order valence-corrected chi connectivity index (χ2v) is 8.19. The van der Waals surface area contributed by atoms with Gasteiger partial charge in [-0.2, -0.15) is 4.31 Å². The summed E-state index contributed by atoms with van der Waals surface area (Å²) >= 11 is 0. The van der Waals surface area contributed by atoms with Crippen LogP contribution in [0.3, 0.4) is 0 Å². The van der Waals surface area contributed by atoms with Crippen LogP contribution in [-0.4, -0.2) is 50.5 Å². The molecule has 1 saturated heterocycles. The number of nitrogens with zero attached hydrogens (tertiary/aromatic N) is 2. The number of sulfonamides is 1. The molecule has 8 nitrogen and oxygen atoms in total. The highest BCUT2D eigenvalue weighted by atomic mass is 32.2. The number of nitro groups is 1. The second kappa shape index (κ2) is 8.59. The van der Waals surface area contributed by atoms with Crippen LogP contribution in [0.4, 0.5) is 11.4 Å². The van der Waals surface area contributed by atoms with E-state index in [1.807, 2.05) is 6.92 Å². The number of hydrogen-bond donors (Lipinski definition) is 1. The highest BCUT2D eigenvalue weighted by molar-refractivity contribution is 7.89. The molecular formula is C16H25N3O5S. The molecule has 1 aliphatic heterocycles. The number of rotatable bonds is 7. The van der Waals surface area contributed by atoms with Crippen molar-refractivity contribution in [2.45, 2.75) is 43.5 Å². The van der Waals surface area contributed by atoms with Crippen molar-refractivity contribution in [2.75, 3.05) is 32.1 Å². The van der Waals surface area contributed by atoms with Gasteiger partial charge in [0, 0.05) is 32.3 Å². The van der Waals surface area contributed by atoms with E-state index < -0.39 is 14.9 Å². The predicted octanol–water partition coefficient (Wildman–Crippen LogP) is 2.61. The van der Waals surface area contributed by atoms with Crippen LogP contribution in [0.25, 0.3) is 0 Å². The highest BCUT2D eigenvalue weighted by Gasteiger charge is 2.28. The summed E-state index contributed by atoms with van der Waals surface area (Å²) in [5.74, 6) is 0. The van der Waals surface area contributed by atoms with Gasteiger partial charge in [-0.15, -0.1) is 0 Å². The van der Waals surface area contributed by atoms with Gasteiger partial charge in [-0.05, 0) is 31.9 Å². The van der Waals surface area contributed by atoms with Crippen LogP contribution >= 0.6 is 0 Å². The van der Waals surface area contributed by atoms with E-state index in [2.05, 4.69) is 5.32 Å². The van der Waals surface area contributed by atoms with Gasteiger partial charge in [0.05, 0.1) is 16.4 Å². The van der Waals surface area contributed by atoms with Crippen LogP contribution in [0.5, 0.6) is 0 Å². The van der Waals surface area contributed by atoms with Crippen LogP contribution < -0.4 is 5.32 Å². The van der Waals surface area contributed by atoms with Gasteiger partial charge in [-0.3, -0.25) is 10.1 Å². The highest BCUT2D eigenvalue weighted by Crippen LogP contribution is 2.30. The maximum absolute atomic E-state index is 12.8. The quantitative estimate of drug-likeness (QED) is 0.584. The van der Waals surface area contributed by atoms with E-state index in [0.29, 0.717) is 19.7 Å². The molecule has 0 amide bonds. The Labute approximate surface area is 148 Å². The number of methoxy groups -OCH3 is 1. The van der Waals surface area contributed by atoms with Gasteiger partial charge < -0.3 is 10.1 Å². The molecule has 25 heavy (non-hydrogen) atoms. The van der Waals surface area contributed by atoms with E-state index in [4.69, 9.17) is 4.74 Å². The minimum absolute atomic E-state index is 0.0361. The fourth-order valence-electron chi connectivity index (χ4n) is 2.93. The van der Waals surface area contributed by atoms with Gasteiger partial charge in [0.1, 0.15) is 5.69 Å². The molecule has 0 aliphatic carbocycles. The molecule has 1 atom stereocenters. The predicted molar refractivity (Wildman–Crippen MR) is 95.3 cm³/mol. The maximum Gasteiger partial charge on any atom is 0.293 e. The summed E-state index contributed by atoms with van der Waals surface area (Å²) in [5.41, 5.74) is 0.0308. The Morgan fingerprint density at radius 2 is 1.92 bits per heavy atom. The van der Waals surface area contributed by atoms with Gasteiger partial charge in [0.25, 0.3) is 5.69 Å². The molecule has 1 fully saturated rings. The molecule has 0 unspecified atom stereocenters. The average molecular weight is 371 g/mol. The van der Waals surface area contributed by atoms with E-state index in [-0.39, 0.29) is 22.3 Å². The summed E-state index contributed by atoms with van der Waals surface area (Å²) in [4.78, 5) is 10.8. The summed E-state index contributed by atoms with van der Waals surface area (Å²) in [7, 11) is -2.18.